The number of nitrogen functional groups attached to an aromatic ring is 1. The number of nitrogens with zero attached hydrogens (tertiary/aromatic N) is 1. The van der Waals surface area contributed by atoms with Crippen LogP contribution < -0.4 is 19.9 Å². The smallest absolute Gasteiger partial charge is 0.163 e. The Labute approximate surface area is 151 Å². The average Bonchev–Trinajstić information content (AvgIpc) is 3.10. The molecule has 0 fully saturated rings. The Bertz CT molecular complexity index is 906. The number of methoxy groups -OCH3 is 3. The van der Waals surface area contributed by atoms with E-state index in [0.29, 0.717) is 17.2 Å². The highest BCUT2D eigenvalue weighted by molar-refractivity contribution is 7.04. The van der Waals surface area contributed by atoms with E-state index in [9.17, 15) is 0 Å². The van der Waals surface area contributed by atoms with Crippen LogP contribution >= 0.6 is 11.5 Å². The Kier molecular flexibility index (Phi) is 4.81. The molecule has 25 heavy (non-hydrogen) atoms. The Morgan fingerprint density at radius 2 is 1.68 bits per heavy atom. The molecule has 0 radical (unpaired) electrons. The summed E-state index contributed by atoms with van der Waals surface area (Å²) in [7, 11) is 4.88. The molecule has 0 bridgehead atoms. The van der Waals surface area contributed by atoms with Gasteiger partial charge >= 0.3 is 0 Å². The quantitative estimate of drug-likeness (QED) is 0.687. The van der Waals surface area contributed by atoms with E-state index in [1.165, 1.54) is 11.5 Å². The van der Waals surface area contributed by atoms with Gasteiger partial charge in [0.15, 0.2) is 11.5 Å². The van der Waals surface area contributed by atoms with Crippen LogP contribution in [-0.2, 0) is 0 Å². The molecular formula is C19H20N2O3S. The van der Waals surface area contributed by atoms with Gasteiger partial charge in [0.05, 0.1) is 32.7 Å². The van der Waals surface area contributed by atoms with Crippen molar-refractivity contribution in [2.45, 2.75) is 6.92 Å². The van der Waals surface area contributed by atoms with Crippen LogP contribution in [0.1, 0.15) is 5.56 Å². The van der Waals surface area contributed by atoms with Crippen molar-refractivity contribution in [1.29, 1.82) is 0 Å². The third-order valence-corrected chi connectivity index (χ3v) is 4.68. The highest BCUT2D eigenvalue weighted by Gasteiger charge is 2.16. The normalized spacial score (nSPS) is 10.6. The third kappa shape index (κ3) is 3.13. The third-order valence-electron chi connectivity index (χ3n) is 4.05. The van der Waals surface area contributed by atoms with Gasteiger partial charge in [0.2, 0.25) is 0 Å². The fourth-order valence-electron chi connectivity index (χ4n) is 2.84. The Morgan fingerprint density at radius 1 is 0.920 bits per heavy atom. The molecule has 0 aliphatic carbocycles. The van der Waals surface area contributed by atoms with Gasteiger partial charge in [0.1, 0.15) is 5.75 Å². The second-order valence-electron chi connectivity index (χ2n) is 5.56. The first-order valence-electron chi connectivity index (χ1n) is 7.70. The van der Waals surface area contributed by atoms with E-state index in [2.05, 4.69) is 4.37 Å². The molecule has 0 saturated carbocycles. The summed E-state index contributed by atoms with van der Waals surface area (Å²) in [6.45, 7) is 1.99. The molecule has 0 aliphatic heterocycles. The second-order valence-corrected chi connectivity index (χ2v) is 6.19. The van der Waals surface area contributed by atoms with Crippen LogP contribution in [0, 0.1) is 6.92 Å². The van der Waals surface area contributed by atoms with Crippen molar-refractivity contribution >= 4 is 17.2 Å². The van der Waals surface area contributed by atoms with Gasteiger partial charge in [-0.1, -0.05) is 6.07 Å². The van der Waals surface area contributed by atoms with Gasteiger partial charge in [-0.15, -0.1) is 0 Å². The molecule has 0 atom stereocenters. The summed E-state index contributed by atoms with van der Waals surface area (Å²) in [5.74, 6) is 2.08. The number of rotatable bonds is 5. The molecule has 5 nitrogen and oxygen atoms in total. The van der Waals surface area contributed by atoms with Gasteiger partial charge in [-0.2, -0.15) is 4.37 Å². The Morgan fingerprint density at radius 3 is 2.32 bits per heavy atom. The standard InChI is InChI=1S/C19H20N2O3S/c1-11-7-13(9-17(23-3)19(11)24-4)18-14(10-25-21-18)12-5-6-16(22-2)15(20)8-12/h5-10H,20H2,1-4H3. The summed E-state index contributed by atoms with van der Waals surface area (Å²) >= 11 is 1.41. The zero-order valence-electron chi connectivity index (χ0n) is 14.6. The molecule has 1 heterocycles. The predicted molar refractivity (Wildman–Crippen MR) is 102 cm³/mol. The molecule has 0 amide bonds. The number of anilines is 1. The van der Waals surface area contributed by atoms with Crippen LogP contribution in [0.4, 0.5) is 5.69 Å². The molecule has 0 aliphatic rings. The Hall–Kier alpha value is -2.73. The summed E-state index contributed by atoms with van der Waals surface area (Å²) in [4.78, 5) is 0. The van der Waals surface area contributed by atoms with Crippen molar-refractivity contribution < 1.29 is 14.2 Å². The van der Waals surface area contributed by atoms with Crippen molar-refractivity contribution in [2.75, 3.05) is 27.1 Å². The largest absolute Gasteiger partial charge is 0.495 e. The van der Waals surface area contributed by atoms with E-state index in [1.807, 2.05) is 42.6 Å². The number of benzene rings is 2. The van der Waals surface area contributed by atoms with Gasteiger partial charge < -0.3 is 19.9 Å². The van der Waals surface area contributed by atoms with Crippen molar-refractivity contribution in [1.82, 2.24) is 4.37 Å². The maximum Gasteiger partial charge on any atom is 0.163 e. The molecule has 1 aromatic heterocycles. The van der Waals surface area contributed by atoms with Gasteiger partial charge in [0.25, 0.3) is 0 Å². The highest BCUT2D eigenvalue weighted by Crippen LogP contribution is 2.40. The van der Waals surface area contributed by atoms with Crippen molar-refractivity contribution in [3.05, 3.63) is 41.3 Å². The van der Waals surface area contributed by atoms with Crippen LogP contribution in [0.2, 0.25) is 0 Å². The van der Waals surface area contributed by atoms with E-state index in [0.717, 1.165) is 33.7 Å². The maximum absolute atomic E-state index is 6.06. The summed E-state index contributed by atoms with van der Waals surface area (Å²) in [6.07, 6.45) is 0. The summed E-state index contributed by atoms with van der Waals surface area (Å²) in [5.41, 5.74) is 11.5. The fraction of sp³-hybridized carbons (Fsp3) is 0.211. The molecule has 3 aromatic rings. The lowest BCUT2D eigenvalue weighted by Crippen LogP contribution is -1.95. The molecule has 130 valence electrons. The average molecular weight is 356 g/mol. The first-order chi connectivity index (χ1) is 12.1. The minimum Gasteiger partial charge on any atom is -0.495 e. The van der Waals surface area contributed by atoms with Crippen molar-refractivity contribution in [2.24, 2.45) is 0 Å². The molecule has 0 saturated heterocycles. The van der Waals surface area contributed by atoms with Crippen molar-refractivity contribution in [3.8, 4) is 39.6 Å². The lowest BCUT2D eigenvalue weighted by Gasteiger charge is -2.13. The van der Waals surface area contributed by atoms with Crippen LogP contribution in [0.15, 0.2) is 35.7 Å². The van der Waals surface area contributed by atoms with Gasteiger partial charge in [0, 0.05) is 16.5 Å². The van der Waals surface area contributed by atoms with Crippen LogP contribution in [0.25, 0.3) is 22.4 Å². The number of nitrogens with two attached hydrogens (primary N) is 1. The van der Waals surface area contributed by atoms with E-state index < -0.39 is 0 Å². The minimum absolute atomic E-state index is 0.598. The zero-order chi connectivity index (χ0) is 18.0. The first-order valence-corrected chi connectivity index (χ1v) is 8.54. The molecule has 6 heteroatoms. The molecular weight excluding hydrogens is 336 g/mol. The van der Waals surface area contributed by atoms with Gasteiger partial charge in [-0.25, -0.2) is 0 Å². The lowest BCUT2D eigenvalue weighted by molar-refractivity contribution is 0.353. The zero-order valence-corrected chi connectivity index (χ0v) is 15.4. The van der Waals surface area contributed by atoms with Crippen LogP contribution in [0.3, 0.4) is 0 Å². The lowest BCUT2D eigenvalue weighted by atomic mass is 9.99. The molecule has 0 unspecified atom stereocenters. The maximum atomic E-state index is 6.06. The number of hydrogen-bond donors (Lipinski definition) is 1. The topological polar surface area (TPSA) is 66.6 Å². The molecule has 3 rings (SSSR count). The van der Waals surface area contributed by atoms with Crippen molar-refractivity contribution in [3.63, 3.8) is 0 Å². The number of aryl methyl sites for hydroxylation is 1. The van der Waals surface area contributed by atoms with Gasteiger partial charge in [-0.3, -0.25) is 0 Å². The van der Waals surface area contributed by atoms with Gasteiger partial charge in [-0.05, 0) is 53.8 Å². The molecule has 2 N–H and O–H groups in total. The monoisotopic (exact) mass is 356 g/mol. The summed E-state index contributed by atoms with van der Waals surface area (Å²) < 4.78 is 20.7. The van der Waals surface area contributed by atoms with E-state index >= 15 is 0 Å². The number of aromatic nitrogens is 1. The van der Waals surface area contributed by atoms with Crippen LogP contribution in [0.5, 0.6) is 17.2 Å². The van der Waals surface area contributed by atoms with Crippen LogP contribution in [-0.4, -0.2) is 25.7 Å². The highest BCUT2D eigenvalue weighted by atomic mass is 32.1. The fourth-order valence-corrected chi connectivity index (χ4v) is 3.56. The summed E-state index contributed by atoms with van der Waals surface area (Å²) in [5, 5.41) is 2.02. The number of ether oxygens (including phenoxy) is 3. The summed E-state index contributed by atoms with van der Waals surface area (Å²) in [6, 6.07) is 9.74. The first kappa shape index (κ1) is 17.1. The Balaban J connectivity index is 2.11. The predicted octanol–water partition coefficient (Wildman–Crippen LogP) is 4.39. The van der Waals surface area contributed by atoms with E-state index in [1.54, 1.807) is 21.3 Å². The SMILES string of the molecule is COc1ccc(-c2csnc2-c2cc(C)c(OC)c(OC)c2)cc1N. The van der Waals surface area contributed by atoms with E-state index in [4.69, 9.17) is 19.9 Å². The number of hydrogen-bond acceptors (Lipinski definition) is 6. The minimum atomic E-state index is 0.598. The molecule has 0 spiro atoms. The molecule has 2 aromatic carbocycles. The second kappa shape index (κ2) is 7.03. The van der Waals surface area contributed by atoms with E-state index in [-0.39, 0.29) is 0 Å².